The Kier molecular flexibility index (Phi) is 2.43. The Labute approximate surface area is 90.7 Å². The van der Waals surface area contributed by atoms with Gasteiger partial charge in [-0.2, -0.15) is 0 Å². The highest BCUT2D eigenvalue weighted by Gasteiger charge is 2.03. The molecule has 0 radical (unpaired) electrons. The van der Waals surface area contributed by atoms with Gasteiger partial charge >= 0.3 is 0 Å². The van der Waals surface area contributed by atoms with Crippen LogP contribution < -0.4 is 0 Å². The van der Waals surface area contributed by atoms with Gasteiger partial charge in [-0.15, -0.1) is 11.3 Å². The molecule has 1 aromatic heterocycles. The second-order valence-electron chi connectivity index (χ2n) is 3.35. The van der Waals surface area contributed by atoms with Crippen LogP contribution >= 0.6 is 27.3 Å². The van der Waals surface area contributed by atoms with Gasteiger partial charge in [-0.3, -0.25) is 0 Å². The van der Waals surface area contributed by atoms with Crippen LogP contribution in [0, 0.1) is 13.8 Å². The molecule has 0 amide bonds. The molecule has 2 heteroatoms. The summed E-state index contributed by atoms with van der Waals surface area (Å²) in [5.74, 6) is 0. The molecule has 0 aliphatic heterocycles. The van der Waals surface area contributed by atoms with Gasteiger partial charge in [-0.1, -0.05) is 33.6 Å². The van der Waals surface area contributed by atoms with E-state index in [9.17, 15) is 0 Å². The molecule has 0 fully saturated rings. The molecule has 0 atom stereocenters. The van der Waals surface area contributed by atoms with Crippen LogP contribution in [0.3, 0.4) is 0 Å². The molecule has 2 rings (SSSR count). The highest BCUT2D eigenvalue weighted by atomic mass is 79.9. The molecule has 0 unspecified atom stereocenters. The Bertz CT molecular complexity index is 443. The quantitative estimate of drug-likeness (QED) is 0.662. The number of alkyl halides is 1. The molecule has 13 heavy (non-hydrogen) atoms. The highest BCUT2D eigenvalue weighted by molar-refractivity contribution is 9.08. The number of fused-ring (bicyclic) bond motifs is 1. The molecule has 0 aliphatic carbocycles. The SMILES string of the molecule is Cc1cc(C)c2sc(CBr)cc2c1. The third kappa shape index (κ3) is 1.65. The number of thiophene rings is 1. The molecule has 0 aliphatic rings. The smallest absolute Gasteiger partial charge is 0.0377 e. The third-order valence-electron chi connectivity index (χ3n) is 2.13. The fourth-order valence-corrected chi connectivity index (χ4v) is 3.10. The van der Waals surface area contributed by atoms with Gasteiger partial charge in [0.05, 0.1) is 0 Å². The van der Waals surface area contributed by atoms with Gasteiger partial charge in [0.1, 0.15) is 0 Å². The first-order chi connectivity index (χ1) is 6.20. The Morgan fingerprint density at radius 1 is 1.23 bits per heavy atom. The van der Waals surface area contributed by atoms with Crippen LogP contribution in [0.5, 0.6) is 0 Å². The number of halogens is 1. The average Bonchev–Trinajstić information content (AvgIpc) is 2.47. The van der Waals surface area contributed by atoms with Crippen molar-refractivity contribution >= 4 is 37.4 Å². The minimum Gasteiger partial charge on any atom is -0.139 e. The summed E-state index contributed by atoms with van der Waals surface area (Å²) >= 11 is 5.37. The van der Waals surface area contributed by atoms with Crippen molar-refractivity contribution in [3.63, 3.8) is 0 Å². The zero-order valence-corrected chi connectivity index (χ0v) is 10.1. The minimum atomic E-state index is 0.963. The number of aryl methyl sites for hydroxylation is 2. The Hall–Kier alpha value is -0.340. The van der Waals surface area contributed by atoms with Gasteiger partial charge in [0.2, 0.25) is 0 Å². The number of benzene rings is 1. The summed E-state index contributed by atoms with van der Waals surface area (Å²) in [6.07, 6.45) is 0. The van der Waals surface area contributed by atoms with Crippen molar-refractivity contribution in [2.45, 2.75) is 19.2 Å². The summed E-state index contributed by atoms with van der Waals surface area (Å²) in [6.45, 7) is 4.34. The fourth-order valence-electron chi connectivity index (χ4n) is 1.63. The van der Waals surface area contributed by atoms with Crippen molar-refractivity contribution in [2.75, 3.05) is 0 Å². The summed E-state index contributed by atoms with van der Waals surface area (Å²) < 4.78 is 1.43. The zero-order chi connectivity index (χ0) is 9.42. The van der Waals surface area contributed by atoms with E-state index in [1.807, 2.05) is 11.3 Å². The molecule has 0 spiro atoms. The Morgan fingerprint density at radius 3 is 2.69 bits per heavy atom. The first-order valence-electron chi connectivity index (χ1n) is 4.26. The van der Waals surface area contributed by atoms with E-state index < -0.39 is 0 Å². The van der Waals surface area contributed by atoms with E-state index in [1.165, 1.54) is 26.1 Å². The fraction of sp³-hybridized carbons (Fsp3) is 0.273. The van der Waals surface area contributed by atoms with E-state index in [0.717, 1.165) is 5.33 Å². The average molecular weight is 255 g/mol. The van der Waals surface area contributed by atoms with Crippen molar-refractivity contribution in [3.05, 3.63) is 34.2 Å². The molecule has 0 saturated carbocycles. The minimum absolute atomic E-state index is 0.963. The molecule has 0 saturated heterocycles. The van der Waals surface area contributed by atoms with Crippen LogP contribution in [0.2, 0.25) is 0 Å². The van der Waals surface area contributed by atoms with Gasteiger partial charge in [0.15, 0.2) is 0 Å². The van der Waals surface area contributed by atoms with E-state index in [-0.39, 0.29) is 0 Å². The molecule has 68 valence electrons. The van der Waals surface area contributed by atoms with E-state index >= 15 is 0 Å². The van der Waals surface area contributed by atoms with E-state index in [1.54, 1.807) is 0 Å². The van der Waals surface area contributed by atoms with Crippen LogP contribution in [0.25, 0.3) is 10.1 Å². The van der Waals surface area contributed by atoms with Crippen molar-refractivity contribution in [2.24, 2.45) is 0 Å². The maximum Gasteiger partial charge on any atom is 0.0377 e. The van der Waals surface area contributed by atoms with Crippen LogP contribution in [-0.4, -0.2) is 0 Å². The van der Waals surface area contributed by atoms with Gasteiger partial charge in [0.25, 0.3) is 0 Å². The van der Waals surface area contributed by atoms with Crippen molar-refractivity contribution in [3.8, 4) is 0 Å². The summed E-state index contributed by atoms with van der Waals surface area (Å²) in [7, 11) is 0. The summed E-state index contributed by atoms with van der Waals surface area (Å²) in [5, 5.41) is 2.35. The number of hydrogen-bond acceptors (Lipinski definition) is 1. The lowest BCUT2D eigenvalue weighted by atomic mass is 10.1. The molecule has 2 aromatic rings. The molecular formula is C11H11BrS. The van der Waals surface area contributed by atoms with E-state index in [4.69, 9.17) is 0 Å². The first kappa shape index (κ1) is 9.22. The van der Waals surface area contributed by atoms with Crippen LogP contribution in [-0.2, 0) is 5.33 Å². The van der Waals surface area contributed by atoms with Crippen LogP contribution in [0.1, 0.15) is 16.0 Å². The molecule has 0 N–H and O–H groups in total. The van der Waals surface area contributed by atoms with Crippen molar-refractivity contribution in [1.29, 1.82) is 0 Å². The summed E-state index contributed by atoms with van der Waals surface area (Å²) in [5.41, 5.74) is 2.75. The standard InChI is InChI=1S/C11H11BrS/c1-7-3-8(2)11-9(4-7)5-10(6-12)13-11/h3-5H,6H2,1-2H3. The molecule has 1 heterocycles. The van der Waals surface area contributed by atoms with Gasteiger partial charge in [0, 0.05) is 14.9 Å². The van der Waals surface area contributed by atoms with Gasteiger partial charge in [-0.05, 0) is 30.9 Å². The lowest BCUT2D eigenvalue weighted by molar-refractivity contribution is 1.44. The zero-order valence-electron chi connectivity index (χ0n) is 7.73. The second-order valence-corrected chi connectivity index (χ2v) is 5.04. The highest BCUT2D eigenvalue weighted by Crippen LogP contribution is 2.30. The largest absolute Gasteiger partial charge is 0.139 e. The molecule has 1 aromatic carbocycles. The van der Waals surface area contributed by atoms with Gasteiger partial charge < -0.3 is 0 Å². The van der Waals surface area contributed by atoms with Crippen molar-refractivity contribution < 1.29 is 0 Å². The number of rotatable bonds is 1. The second kappa shape index (κ2) is 3.43. The molecule has 0 nitrogen and oxygen atoms in total. The third-order valence-corrected chi connectivity index (χ3v) is 4.39. The van der Waals surface area contributed by atoms with Crippen LogP contribution in [0.4, 0.5) is 0 Å². The van der Waals surface area contributed by atoms with E-state index in [0.29, 0.717) is 0 Å². The lowest BCUT2D eigenvalue weighted by Gasteiger charge is -1.97. The first-order valence-corrected chi connectivity index (χ1v) is 6.20. The lowest BCUT2D eigenvalue weighted by Crippen LogP contribution is -1.75. The maximum atomic E-state index is 3.49. The predicted molar refractivity (Wildman–Crippen MR) is 63.9 cm³/mol. The normalized spacial score (nSPS) is 11.0. The number of hydrogen-bond donors (Lipinski definition) is 0. The Balaban J connectivity index is 2.75. The van der Waals surface area contributed by atoms with Crippen LogP contribution in [0.15, 0.2) is 18.2 Å². The molecule has 0 bridgehead atoms. The summed E-state index contributed by atoms with van der Waals surface area (Å²) in [6, 6.07) is 6.77. The van der Waals surface area contributed by atoms with E-state index in [2.05, 4.69) is 48.0 Å². The molecular weight excluding hydrogens is 244 g/mol. The van der Waals surface area contributed by atoms with Gasteiger partial charge in [-0.25, -0.2) is 0 Å². The topological polar surface area (TPSA) is 0 Å². The summed E-state index contributed by atoms with van der Waals surface area (Å²) in [4.78, 5) is 1.41. The Morgan fingerprint density at radius 2 is 2.00 bits per heavy atom. The van der Waals surface area contributed by atoms with Crippen molar-refractivity contribution in [1.82, 2.24) is 0 Å². The maximum absolute atomic E-state index is 3.49. The predicted octanol–water partition coefficient (Wildman–Crippen LogP) is 4.41. The monoisotopic (exact) mass is 254 g/mol.